The number of hydrogen-bond acceptors (Lipinski definition) is 2. The van der Waals surface area contributed by atoms with Crippen LogP contribution in [-0.2, 0) is 4.79 Å². The maximum atomic E-state index is 12.7. The van der Waals surface area contributed by atoms with Crippen LogP contribution in [0.4, 0.5) is 4.79 Å². The van der Waals surface area contributed by atoms with Crippen LogP contribution in [0.3, 0.4) is 0 Å². The molecule has 2 saturated heterocycles. The quantitative estimate of drug-likeness (QED) is 0.867. The Labute approximate surface area is 127 Å². The summed E-state index contributed by atoms with van der Waals surface area (Å²) in [6, 6.07) is 0.620. The van der Waals surface area contributed by atoms with E-state index >= 15 is 0 Å². The highest BCUT2D eigenvalue weighted by molar-refractivity contribution is 5.75. The van der Waals surface area contributed by atoms with E-state index in [0.29, 0.717) is 12.0 Å². The lowest BCUT2D eigenvalue weighted by Gasteiger charge is -2.41. The SMILES string of the molecule is CCC1CCCCN1C(=O)N1CCC(CCC(=O)O)CC1. The van der Waals surface area contributed by atoms with Gasteiger partial charge in [0, 0.05) is 32.1 Å². The number of hydrogen-bond donors (Lipinski definition) is 1. The van der Waals surface area contributed by atoms with E-state index in [0.717, 1.165) is 58.2 Å². The fourth-order valence-corrected chi connectivity index (χ4v) is 3.60. The molecule has 1 N–H and O–H groups in total. The summed E-state index contributed by atoms with van der Waals surface area (Å²) in [4.78, 5) is 27.3. The molecule has 0 bridgehead atoms. The van der Waals surface area contributed by atoms with Gasteiger partial charge in [0.05, 0.1) is 0 Å². The molecular formula is C16H28N2O3. The molecule has 2 amide bonds. The number of piperidine rings is 2. The molecule has 0 aromatic heterocycles. The molecule has 1 atom stereocenters. The van der Waals surface area contributed by atoms with Crippen molar-refractivity contribution >= 4 is 12.0 Å². The van der Waals surface area contributed by atoms with Gasteiger partial charge < -0.3 is 14.9 Å². The van der Waals surface area contributed by atoms with Crippen LogP contribution in [0.2, 0.25) is 0 Å². The van der Waals surface area contributed by atoms with Crippen molar-refractivity contribution < 1.29 is 14.7 Å². The molecule has 0 aromatic carbocycles. The third-order valence-corrected chi connectivity index (χ3v) is 5.00. The minimum absolute atomic E-state index is 0.207. The summed E-state index contributed by atoms with van der Waals surface area (Å²) >= 11 is 0. The van der Waals surface area contributed by atoms with Crippen molar-refractivity contribution in [3.63, 3.8) is 0 Å². The summed E-state index contributed by atoms with van der Waals surface area (Å²) in [7, 11) is 0. The lowest BCUT2D eigenvalue weighted by Crippen LogP contribution is -2.52. The Morgan fingerprint density at radius 2 is 1.81 bits per heavy atom. The van der Waals surface area contributed by atoms with Gasteiger partial charge in [0.2, 0.25) is 0 Å². The fraction of sp³-hybridized carbons (Fsp3) is 0.875. The molecule has 2 fully saturated rings. The van der Waals surface area contributed by atoms with Crippen molar-refractivity contribution in [2.75, 3.05) is 19.6 Å². The van der Waals surface area contributed by atoms with E-state index in [1.807, 2.05) is 4.90 Å². The lowest BCUT2D eigenvalue weighted by molar-refractivity contribution is -0.137. The van der Waals surface area contributed by atoms with Crippen LogP contribution >= 0.6 is 0 Å². The maximum absolute atomic E-state index is 12.7. The Bertz CT molecular complexity index is 365. The van der Waals surface area contributed by atoms with E-state index in [1.54, 1.807) is 0 Å². The molecule has 0 saturated carbocycles. The second kappa shape index (κ2) is 7.66. The molecule has 1 unspecified atom stereocenters. The van der Waals surface area contributed by atoms with Crippen molar-refractivity contribution in [3.05, 3.63) is 0 Å². The Morgan fingerprint density at radius 3 is 2.43 bits per heavy atom. The maximum Gasteiger partial charge on any atom is 0.320 e. The molecule has 2 rings (SSSR count). The number of nitrogens with zero attached hydrogens (tertiary/aromatic N) is 2. The first-order valence-electron chi connectivity index (χ1n) is 8.39. The number of carboxylic acid groups (broad SMARTS) is 1. The van der Waals surface area contributed by atoms with E-state index < -0.39 is 5.97 Å². The van der Waals surface area contributed by atoms with Gasteiger partial charge >= 0.3 is 12.0 Å². The van der Waals surface area contributed by atoms with Gasteiger partial charge in [-0.3, -0.25) is 4.79 Å². The number of carboxylic acids is 1. The highest BCUT2D eigenvalue weighted by atomic mass is 16.4. The van der Waals surface area contributed by atoms with Gasteiger partial charge in [-0.1, -0.05) is 6.92 Å². The van der Waals surface area contributed by atoms with Gasteiger partial charge in [0.25, 0.3) is 0 Å². The summed E-state index contributed by atoms with van der Waals surface area (Å²) < 4.78 is 0. The molecule has 0 radical (unpaired) electrons. The van der Waals surface area contributed by atoms with Crippen molar-refractivity contribution in [2.24, 2.45) is 5.92 Å². The highest BCUT2D eigenvalue weighted by Gasteiger charge is 2.31. The van der Waals surface area contributed by atoms with Crippen LogP contribution in [0.5, 0.6) is 0 Å². The monoisotopic (exact) mass is 296 g/mol. The van der Waals surface area contributed by atoms with Gasteiger partial charge in [-0.15, -0.1) is 0 Å². The molecule has 2 aliphatic rings. The second-order valence-electron chi connectivity index (χ2n) is 6.40. The Balaban J connectivity index is 1.80. The predicted molar refractivity (Wildman–Crippen MR) is 81.2 cm³/mol. The van der Waals surface area contributed by atoms with Crippen LogP contribution in [0.25, 0.3) is 0 Å². The number of likely N-dealkylation sites (tertiary alicyclic amines) is 2. The minimum atomic E-state index is -0.715. The first-order valence-corrected chi connectivity index (χ1v) is 8.39. The first-order chi connectivity index (χ1) is 10.1. The van der Waals surface area contributed by atoms with Crippen LogP contribution in [0.15, 0.2) is 0 Å². The normalized spacial score (nSPS) is 24.1. The van der Waals surface area contributed by atoms with Gasteiger partial charge in [0.1, 0.15) is 0 Å². The minimum Gasteiger partial charge on any atom is -0.481 e. The van der Waals surface area contributed by atoms with Crippen molar-refractivity contribution in [3.8, 4) is 0 Å². The average molecular weight is 296 g/mol. The van der Waals surface area contributed by atoms with Crippen LogP contribution in [-0.4, -0.2) is 52.6 Å². The summed E-state index contributed by atoms with van der Waals surface area (Å²) in [5.41, 5.74) is 0. The highest BCUT2D eigenvalue weighted by Crippen LogP contribution is 2.25. The van der Waals surface area contributed by atoms with Crippen LogP contribution < -0.4 is 0 Å². The molecule has 0 aliphatic carbocycles. The number of amides is 2. The Hall–Kier alpha value is -1.26. The summed E-state index contributed by atoms with van der Waals surface area (Å²) in [6.45, 7) is 4.64. The lowest BCUT2D eigenvalue weighted by atomic mass is 9.92. The Morgan fingerprint density at radius 1 is 1.10 bits per heavy atom. The molecule has 0 aromatic rings. The topological polar surface area (TPSA) is 60.9 Å². The fourth-order valence-electron chi connectivity index (χ4n) is 3.60. The van der Waals surface area contributed by atoms with Crippen molar-refractivity contribution in [1.82, 2.24) is 9.80 Å². The van der Waals surface area contributed by atoms with E-state index in [4.69, 9.17) is 5.11 Å². The molecule has 5 heteroatoms. The predicted octanol–water partition coefficient (Wildman–Crippen LogP) is 2.95. The van der Waals surface area contributed by atoms with Gasteiger partial charge in [-0.05, 0) is 50.9 Å². The Kier molecular flexibility index (Phi) is 5.88. The van der Waals surface area contributed by atoms with Gasteiger partial charge in [-0.25, -0.2) is 4.79 Å². The standard InChI is InChI=1S/C16H28N2O3/c1-2-14-5-3-4-10-18(14)16(21)17-11-8-13(9-12-17)6-7-15(19)20/h13-14H,2-12H2,1H3,(H,19,20). The molecule has 0 spiro atoms. The third-order valence-electron chi connectivity index (χ3n) is 5.00. The third kappa shape index (κ3) is 4.35. The molecule has 2 aliphatic heterocycles. The zero-order valence-electron chi connectivity index (χ0n) is 13.1. The molecule has 21 heavy (non-hydrogen) atoms. The number of urea groups is 1. The summed E-state index contributed by atoms with van der Waals surface area (Å²) in [5, 5.41) is 8.74. The second-order valence-corrected chi connectivity index (χ2v) is 6.40. The molecule has 2 heterocycles. The van der Waals surface area contributed by atoms with Crippen LogP contribution in [0, 0.1) is 5.92 Å². The number of rotatable bonds is 4. The van der Waals surface area contributed by atoms with Gasteiger partial charge in [0.15, 0.2) is 0 Å². The van der Waals surface area contributed by atoms with E-state index in [1.165, 1.54) is 6.42 Å². The van der Waals surface area contributed by atoms with E-state index in [-0.39, 0.29) is 12.5 Å². The summed E-state index contributed by atoms with van der Waals surface area (Å²) in [5.74, 6) is -0.249. The average Bonchev–Trinajstić information content (AvgIpc) is 2.52. The number of carbonyl (C=O) groups excluding carboxylic acids is 1. The smallest absolute Gasteiger partial charge is 0.320 e. The molecular weight excluding hydrogens is 268 g/mol. The van der Waals surface area contributed by atoms with E-state index in [2.05, 4.69) is 11.8 Å². The van der Waals surface area contributed by atoms with E-state index in [9.17, 15) is 9.59 Å². The number of aliphatic carboxylic acids is 1. The van der Waals surface area contributed by atoms with Crippen molar-refractivity contribution in [1.29, 1.82) is 0 Å². The van der Waals surface area contributed by atoms with Crippen LogP contribution in [0.1, 0.15) is 58.3 Å². The molecule has 120 valence electrons. The largest absolute Gasteiger partial charge is 0.481 e. The zero-order valence-corrected chi connectivity index (χ0v) is 13.1. The van der Waals surface area contributed by atoms with Gasteiger partial charge in [-0.2, -0.15) is 0 Å². The van der Waals surface area contributed by atoms with Crippen molar-refractivity contribution in [2.45, 2.75) is 64.3 Å². The number of carbonyl (C=O) groups is 2. The first kappa shape index (κ1) is 16.1. The molecule has 5 nitrogen and oxygen atoms in total. The zero-order chi connectivity index (χ0) is 15.2. The summed E-state index contributed by atoms with van der Waals surface area (Å²) in [6.07, 6.45) is 7.43.